The van der Waals surface area contributed by atoms with Gasteiger partial charge in [-0.15, -0.1) is 11.3 Å². The van der Waals surface area contributed by atoms with Crippen LogP contribution in [0.25, 0.3) is 0 Å². The highest BCUT2D eigenvalue weighted by Crippen LogP contribution is 2.23. The summed E-state index contributed by atoms with van der Waals surface area (Å²) in [5.41, 5.74) is 0.890. The zero-order valence-corrected chi connectivity index (χ0v) is 17.9. The van der Waals surface area contributed by atoms with E-state index in [1.54, 1.807) is 43.4 Å². The van der Waals surface area contributed by atoms with Gasteiger partial charge in [0.05, 0.1) is 15.2 Å². The molecule has 8 heteroatoms. The maximum Gasteiger partial charge on any atom is 0.264 e. The standard InChI is InChI=1S/C21H18BrFN2O3S/c1-25(21(27)18-10-11-19(22)29-18)13-20(26)24-12-14-2-6-16(7-3-14)28-17-8-4-15(23)5-9-17/h2-11H,12-13H2,1H3,(H,24,26). The number of nitrogens with one attached hydrogen (secondary N) is 1. The average molecular weight is 477 g/mol. The number of nitrogens with zero attached hydrogens (tertiary/aromatic N) is 1. The van der Waals surface area contributed by atoms with Gasteiger partial charge in [0, 0.05) is 13.6 Å². The van der Waals surface area contributed by atoms with Crippen LogP contribution in [-0.2, 0) is 11.3 Å². The van der Waals surface area contributed by atoms with Crippen molar-refractivity contribution in [2.45, 2.75) is 6.54 Å². The smallest absolute Gasteiger partial charge is 0.264 e. The van der Waals surface area contributed by atoms with Crippen LogP contribution >= 0.6 is 27.3 Å². The Morgan fingerprint density at radius 3 is 2.24 bits per heavy atom. The minimum absolute atomic E-state index is 0.0277. The van der Waals surface area contributed by atoms with Crippen molar-refractivity contribution in [1.29, 1.82) is 0 Å². The molecule has 2 amide bonds. The van der Waals surface area contributed by atoms with Crippen LogP contribution in [0.15, 0.2) is 64.5 Å². The first-order valence-electron chi connectivity index (χ1n) is 8.70. The normalized spacial score (nSPS) is 10.4. The number of carbonyl (C=O) groups excluding carboxylic acids is 2. The van der Waals surface area contributed by atoms with Crippen molar-refractivity contribution in [1.82, 2.24) is 10.2 Å². The molecule has 0 spiro atoms. The van der Waals surface area contributed by atoms with Crippen molar-refractivity contribution in [2.75, 3.05) is 13.6 Å². The van der Waals surface area contributed by atoms with Crippen LogP contribution in [0.1, 0.15) is 15.2 Å². The van der Waals surface area contributed by atoms with Gasteiger partial charge in [-0.05, 0) is 70.0 Å². The molecule has 0 aliphatic carbocycles. The van der Waals surface area contributed by atoms with Crippen LogP contribution < -0.4 is 10.1 Å². The number of ether oxygens (including phenoxy) is 1. The van der Waals surface area contributed by atoms with Crippen LogP contribution in [0, 0.1) is 5.82 Å². The second-order valence-electron chi connectivity index (χ2n) is 6.24. The molecule has 0 unspecified atom stereocenters. The van der Waals surface area contributed by atoms with E-state index in [1.165, 1.54) is 28.4 Å². The SMILES string of the molecule is CN(CC(=O)NCc1ccc(Oc2ccc(F)cc2)cc1)C(=O)c1ccc(Br)s1. The fraction of sp³-hybridized carbons (Fsp3) is 0.143. The fourth-order valence-electron chi connectivity index (χ4n) is 2.48. The molecule has 0 bridgehead atoms. The van der Waals surface area contributed by atoms with Crippen molar-refractivity contribution in [2.24, 2.45) is 0 Å². The number of hydrogen-bond donors (Lipinski definition) is 1. The molecule has 2 aromatic carbocycles. The highest BCUT2D eigenvalue weighted by atomic mass is 79.9. The van der Waals surface area contributed by atoms with Crippen LogP contribution in [0.3, 0.4) is 0 Å². The Bertz CT molecular complexity index is 990. The summed E-state index contributed by atoms with van der Waals surface area (Å²) in [5.74, 6) is 0.386. The quantitative estimate of drug-likeness (QED) is 0.531. The molecule has 3 rings (SSSR count). The summed E-state index contributed by atoms with van der Waals surface area (Å²) in [7, 11) is 1.59. The maximum atomic E-state index is 12.9. The van der Waals surface area contributed by atoms with Crippen molar-refractivity contribution in [3.05, 3.63) is 80.7 Å². The molecule has 5 nitrogen and oxygen atoms in total. The van der Waals surface area contributed by atoms with E-state index in [4.69, 9.17) is 4.74 Å². The third-order valence-electron chi connectivity index (χ3n) is 3.97. The van der Waals surface area contributed by atoms with E-state index in [9.17, 15) is 14.0 Å². The first-order chi connectivity index (χ1) is 13.9. The number of benzene rings is 2. The summed E-state index contributed by atoms with van der Waals surface area (Å²) in [5, 5.41) is 2.80. The average Bonchev–Trinajstić information content (AvgIpc) is 3.15. The van der Waals surface area contributed by atoms with Crippen LogP contribution in [0.4, 0.5) is 4.39 Å². The van der Waals surface area contributed by atoms with E-state index in [-0.39, 0.29) is 24.2 Å². The van der Waals surface area contributed by atoms with E-state index >= 15 is 0 Å². The van der Waals surface area contributed by atoms with Crippen LogP contribution in [-0.4, -0.2) is 30.3 Å². The van der Waals surface area contributed by atoms with Gasteiger partial charge in [-0.25, -0.2) is 4.39 Å². The van der Waals surface area contributed by atoms with E-state index in [0.29, 0.717) is 22.9 Å². The molecule has 29 heavy (non-hydrogen) atoms. The summed E-state index contributed by atoms with van der Waals surface area (Å²) >= 11 is 4.65. The molecule has 0 aliphatic heterocycles. The molecule has 3 aromatic rings. The third-order valence-corrected chi connectivity index (χ3v) is 5.59. The molecule has 0 saturated heterocycles. The monoisotopic (exact) mass is 476 g/mol. The Morgan fingerprint density at radius 2 is 1.66 bits per heavy atom. The van der Waals surface area contributed by atoms with Gasteiger partial charge in [-0.2, -0.15) is 0 Å². The number of thiophene rings is 1. The Hall–Kier alpha value is -2.71. The first-order valence-corrected chi connectivity index (χ1v) is 10.3. The number of rotatable bonds is 7. The second-order valence-corrected chi connectivity index (χ2v) is 8.70. The van der Waals surface area contributed by atoms with Gasteiger partial charge >= 0.3 is 0 Å². The molecule has 0 fully saturated rings. The second kappa shape index (κ2) is 9.67. The molecule has 0 aliphatic rings. The van der Waals surface area contributed by atoms with Gasteiger partial charge in [0.2, 0.25) is 5.91 Å². The number of likely N-dealkylation sites (N-methyl/N-ethyl adjacent to an activating group) is 1. The van der Waals surface area contributed by atoms with Gasteiger partial charge in [-0.1, -0.05) is 12.1 Å². The zero-order valence-electron chi connectivity index (χ0n) is 15.5. The largest absolute Gasteiger partial charge is 0.457 e. The predicted molar refractivity (Wildman–Crippen MR) is 114 cm³/mol. The lowest BCUT2D eigenvalue weighted by Crippen LogP contribution is -2.37. The lowest BCUT2D eigenvalue weighted by atomic mass is 10.2. The molecule has 0 atom stereocenters. The molecule has 1 heterocycles. The van der Waals surface area contributed by atoms with Crippen molar-refractivity contribution >= 4 is 39.1 Å². The van der Waals surface area contributed by atoms with E-state index in [2.05, 4.69) is 21.2 Å². The van der Waals surface area contributed by atoms with E-state index in [0.717, 1.165) is 9.35 Å². The Balaban J connectivity index is 1.47. The third kappa shape index (κ3) is 6.13. The zero-order chi connectivity index (χ0) is 20.8. The molecular formula is C21H18BrFN2O3S. The van der Waals surface area contributed by atoms with Gasteiger partial charge in [-0.3, -0.25) is 9.59 Å². The maximum absolute atomic E-state index is 12.9. The molecular weight excluding hydrogens is 459 g/mol. The molecule has 0 radical (unpaired) electrons. The lowest BCUT2D eigenvalue weighted by molar-refractivity contribution is -0.121. The van der Waals surface area contributed by atoms with E-state index < -0.39 is 0 Å². The fourth-order valence-corrected chi connectivity index (χ4v) is 3.86. The number of amides is 2. The molecule has 0 saturated carbocycles. The van der Waals surface area contributed by atoms with Crippen molar-refractivity contribution < 1.29 is 18.7 Å². The predicted octanol–water partition coefficient (Wildman–Crippen LogP) is 4.83. The Morgan fingerprint density at radius 1 is 1.03 bits per heavy atom. The summed E-state index contributed by atoms with van der Waals surface area (Å²) in [6, 6.07) is 16.5. The van der Waals surface area contributed by atoms with Crippen molar-refractivity contribution in [3.8, 4) is 11.5 Å². The topological polar surface area (TPSA) is 58.6 Å². The minimum Gasteiger partial charge on any atom is -0.457 e. The van der Waals surface area contributed by atoms with Crippen molar-refractivity contribution in [3.63, 3.8) is 0 Å². The highest BCUT2D eigenvalue weighted by Gasteiger charge is 2.16. The Kier molecular flexibility index (Phi) is 7.00. The lowest BCUT2D eigenvalue weighted by Gasteiger charge is -2.16. The highest BCUT2D eigenvalue weighted by molar-refractivity contribution is 9.11. The van der Waals surface area contributed by atoms with Crippen LogP contribution in [0.2, 0.25) is 0 Å². The Labute approximate surface area is 180 Å². The summed E-state index contributed by atoms with van der Waals surface area (Å²) < 4.78 is 19.4. The number of hydrogen-bond acceptors (Lipinski definition) is 4. The molecule has 1 aromatic heterocycles. The number of halogens is 2. The van der Waals surface area contributed by atoms with E-state index in [1.807, 2.05) is 12.1 Å². The number of carbonyl (C=O) groups is 2. The minimum atomic E-state index is -0.320. The van der Waals surface area contributed by atoms with Gasteiger partial charge in [0.15, 0.2) is 0 Å². The van der Waals surface area contributed by atoms with Gasteiger partial charge < -0.3 is 15.0 Å². The van der Waals surface area contributed by atoms with Crippen LogP contribution in [0.5, 0.6) is 11.5 Å². The first kappa shape index (κ1) is 21.0. The van der Waals surface area contributed by atoms with Gasteiger partial charge in [0.1, 0.15) is 17.3 Å². The molecule has 150 valence electrons. The van der Waals surface area contributed by atoms with Gasteiger partial charge in [0.25, 0.3) is 5.91 Å². The summed E-state index contributed by atoms with van der Waals surface area (Å²) in [6.45, 7) is 0.308. The summed E-state index contributed by atoms with van der Waals surface area (Å²) in [6.07, 6.45) is 0. The summed E-state index contributed by atoms with van der Waals surface area (Å²) in [4.78, 5) is 26.4. The molecule has 1 N–H and O–H groups in total.